The number of carbonyl (C=O) groups is 2. The Kier molecular flexibility index (Phi) is 3.30. The van der Waals surface area contributed by atoms with Crippen molar-refractivity contribution in [3.8, 4) is 0 Å². The van der Waals surface area contributed by atoms with E-state index in [9.17, 15) is 9.59 Å². The van der Waals surface area contributed by atoms with Gasteiger partial charge in [0.05, 0.1) is 17.9 Å². The Balaban J connectivity index is 1.51. The SMILES string of the molecule is C[C@@H]1C[C@H]1N1C[C@@H](NC(=O)Nc2cccnc2)CC1=O. The van der Waals surface area contributed by atoms with Crippen molar-refractivity contribution in [3.63, 3.8) is 0 Å². The number of aromatic nitrogens is 1. The van der Waals surface area contributed by atoms with Gasteiger partial charge in [0.25, 0.3) is 0 Å². The predicted molar refractivity (Wildman–Crippen MR) is 74.1 cm³/mol. The zero-order chi connectivity index (χ0) is 14.1. The number of hydrogen-bond donors (Lipinski definition) is 2. The first-order chi connectivity index (χ1) is 9.63. The van der Waals surface area contributed by atoms with E-state index < -0.39 is 0 Å². The summed E-state index contributed by atoms with van der Waals surface area (Å²) in [6.45, 7) is 2.77. The molecule has 1 aliphatic carbocycles. The van der Waals surface area contributed by atoms with Gasteiger partial charge < -0.3 is 15.5 Å². The molecule has 2 heterocycles. The van der Waals surface area contributed by atoms with Gasteiger partial charge in [0.2, 0.25) is 5.91 Å². The lowest BCUT2D eigenvalue weighted by molar-refractivity contribution is -0.128. The largest absolute Gasteiger partial charge is 0.337 e. The molecule has 1 saturated heterocycles. The van der Waals surface area contributed by atoms with Crippen LogP contribution in [0.3, 0.4) is 0 Å². The molecule has 1 saturated carbocycles. The summed E-state index contributed by atoms with van der Waals surface area (Å²) in [7, 11) is 0. The molecule has 0 radical (unpaired) electrons. The Morgan fingerprint density at radius 2 is 2.30 bits per heavy atom. The van der Waals surface area contributed by atoms with Gasteiger partial charge in [-0.1, -0.05) is 6.92 Å². The summed E-state index contributed by atoms with van der Waals surface area (Å²) < 4.78 is 0. The quantitative estimate of drug-likeness (QED) is 0.870. The molecule has 3 atom stereocenters. The summed E-state index contributed by atoms with van der Waals surface area (Å²) >= 11 is 0. The molecule has 3 rings (SSSR count). The molecular weight excluding hydrogens is 256 g/mol. The highest BCUT2D eigenvalue weighted by atomic mass is 16.2. The minimum atomic E-state index is -0.290. The molecule has 1 aromatic heterocycles. The van der Waals surface area contributed by atoms with Crippen LogP contribution in [-0.4, -0.2) is 40.5 Å². The fraction of sp³-hybridized carbons (Fsp3) is 0.500. The molecule has 0 bridgehead atoms. The molecule has 3 amide bonds. The fourth-order valence-corrected chi connectivity index (χ4v) is 2.67. The maximum absolute atomic E-state index is 11.9. The van der Waals surface area contributed by atoms with Gasteiger partial charge in [-0.25, -0.2) is 4.79 Å². The van der Waals surface area contributed by atoms with Gasteiger partial charge in [-0.2, -0.15) is 0 Å². The van der Waals surface area contributed by atoms with Gasteiger partial charge in [0, 0.05) is 25.2 Å². The predicted octanol–water partition coefficient (Wildman–Crippen LogP) is 1.21. The number of pyridine rings is 1. The number of urea groups is 1. The number of amides is 3. The summed E-state index contributed by atoms with van der Waals surface area (Å²) in [4.78, 5) is 29.6. The van der Waals surface area contributed by atoms with Crippen LogP contribution in [0.15, 0.2) is 24.5 Å². The highest BCUT2D eigenvalue weighted by molar-refractivity contribution is 5.90. The summed E-state index contributed by atoms with van der Waals surface area (Å²) in [5, 5.41) is 5.55. The lowest BCUT2D eigenvalue weighted by atomic mass is 10.2. The molecule has 0 aromatic carbocycles. The lowest BCUT2D eigenvalue weighted by Crippen LogP contribution is -2.40. The molecule has 106 valence electrons. The Bertz CT molecular complexity index is 519. The maximum Gasteiger partial charge on any atom is 0.319 e. The Morgan fingerprint density at radius 1 is 1.50 bits per heavy atom. The molecule has 2 N–H and O–H groups in total. The van der Waals surface area contributed by atoms with Crippen molar-refractivity contribution in [2.75, 3.05) is 11.9 Å². The topological polar surface area (TPSA) is 74.3 Å². The molecule has 2 fully saturated rings. The first kappa shape index (κ1) is 12.9. The number of nitrogens with one attached hydrogen (secondary N) is 2. The molecule has 2 aliphatic rings. The Morgan fingerprint density at radius 3 is 2.95 bits per heavy atom. The van der Waals surface area contributed by atoms with Gasteiger partial charge in [0.1, 0.15) is 0 Å². The third-order valence-corrected chi connectivity index (χ3v) is 3.88. The van der Waals surface area contributed by atoms with Crippen LogP contribution >= 0.6 is 0 Å². The molecule has 20 heavy (non-hydrogen) atoms. The Labute approximate surface area is 117 Å². The van der Waals surface area contributed by atoms with Crippen molar-refractivity contribution >= 4 is 17.6 Å². The average molecular weight is 274 g/mol. The molecule has 6 nitrogen and oxygen atoms in total. The fourth-order valence-electron chi connectivity index (χ4n) is 2.67. The van der Waals surface area contributed by atoms with E-state index in [0.29, 0.717) is 30.6 Å². The van der Waals surface area contributed by atoms with E-state index in [4.69, 9.17) is 0 Å². The van der Waals surface area contributed by atoms with Crippen LogP contribution in [0, 0.1) is 5.92 Å². The Hall–Kier alpha value is -2.11. The second kappa shape index (κ2) is 5.11. The standard InChI is InChI=1S/C14H18N4O2/c1-9-5-12(9)18-8-11(6-13(18)19)17-14(20)16-10-3-2-4-15-7-10/h2-4,7,9,11-12H,5-6,8H2,1H3,(H2,16,17,20)/t9-,11+,12-/m1/s1. The van der Waals surface area contributed by atoms with Crippen LogP contribution in [0.4, 0.5) is 10.5 Å². The third kappa shape index (κ3) is 2.74. The van der Waals surface area contributed by atoms with Crippen molar-refractivity contribution in [2.45, 2.75) is 31.8 Å². The molecule has 1 aliphatic heterocycles. The monoisotopic (exact) mass is 274 g/mol. The van der Waals surface area contributed by atoms with E-state index in [0.717, 1.165) is 6.42 Å². The van der Waals surface area contributed by atoms with E-state index in [1.54, 1.807) is 24.5 Å². The number of carbonyl (C=O) groups excluding carboxylic acids is 2. The number of likely N-dealkylation sites (tertiary alicyclic amines) is 1. The number of anilines is 1. The number of rotatable bonds is 3. The number of hydrogen-bond acceptors (Lipinski definition) is 3. The summed E-state index contributed by atoms with van der Waals surface area (Å²) in [5.74, 6) is 0.743. The van der Waals surface area contributed by atoms with Crippen molar-refractivity contribution < 1.29 is 9.59 Å². The third-order valence-electron chi connectivity index (χ3n) is 3.88. The van der Waals surface area contributed by atoms with Crippen molar-refractivity contribution in [3.05, 3.63) is 24.5 Å². The zero-order valence-corrected chi connectivity index (χ0v) is 11.4. The van der Waals surface area contributed by atoms with Crippen LogP contribution in [0.25, 0.3) is 0 Å². The van der Waals surface area contributed by atoms with E-state index in [1.807, 2.05) is 4.90 Å². The molecular formula is C14H18N4O2. The van der Waals surface area contributed by atoms with E-state index in [2.05, 4.69) is 22.5 Å². The first-order valence-electron chi connectivity index (χ1n) is 6.90. The van der Waals surface area contributed by atoms with Crippen LogP contribution < -0.4 is 10.6 Å². The van der Waals surface area contributed by atoms with Gasteiger partial charge >= 0.3 is 6.03 Å². The van der Waals surface area contributed by atoms with Crippen molar-refractivity contribution in [1.82, 2.24) is 15.2 Å². The van der Waals surface area contributed by atoms with Crippen LogP contribution in [0.1, 0.15) is 19.8 Å². The van der Waals surface area contributed by atoms with Crippen LogP contribution in [-0.2, 0) is 4.79 Å². The van der Waals surface area contributed by atoms with Crippen LogP contribution in [0.5, 0.6) is 0 Å². The van der Waals surface area contributed by atoms with E-state index in [1.165, 1.54) is 0 Å². The van der Waals surface area contributed by atoms with Crippen LogP contribution in [0.2, 0.25) is 0 Å². The van der Waals surface area contributed by atoms with Gasteiger partial charge in [0.15, 0.2) is 0 Å². The summed E-state index contributed by atoms with van der Waals surface area (Å²) in [5.41, 5.74) is 0.641. The van der Waals surface area contributed by atoms with E-state index in [-0.39, 0.29) is 18.0 Å². The van der Waals surface area contributed by atoms with Gasteiger partial charge in [-0.3, -0.25) is 9.78 Å². The molecule has 1 aromatic rings. The van der Waals surface area contributed by atoms with E-state index >= 15 is 0 Å². The number of nitrogens with zero attached hydrogens (tertiary/aromatic N) is 2. The maximum atomic E-state index is 11.9. The molecule has 0 unspecified atom stereocenters. The van der Waals surface area contributed by atoms with Crippen molar-refractivity contribution in [2.24, 2.45) is 5.92 Å². The normalized spacial score (nSPS) is 28.4. The smallest absolute Gasteiger partial charge is 0.319 e. The van der Waals surface area contributed by atoms with Crippen molar-refractivity contribution in [1.29, 1.82) is 0 Å². The zero-order valence-electron chi connectivity index (χ0n) is 11.4. The minimum absolute atomic E-state index is 0.105. The highest BCUT2D eigenvalue weighted by Gasteiger charge is 2.44. The summed E-state index contributed by atoms with van der Waals surface area (Å²) in [6, 6.07) is 3.51. The average Bonchev–Trinajstić information content (AvgIpc) is 3.02. The second-order valence-corrected chi connectivity index (χ2v) is 5.57. The first-order valence-corrected chi connectivity index (χ1v) is 6.90. The molecule has 0 spiro atoms. The highest BCUT2D eigenvalue weighted by Crippen LogP contribution is 2.37. The molecule has 6 heteroatoms. The lowest BCUT2D eigenvalue weighted by Gasteiger charge is -2.17. The van der Waals surface area contributed by atoms with Gasteiger partial charge in [-0.15, -0.1) is 0 Å². The second-order valence-electron chi connectivity index (χ2n) is 5.57. The minimum Gasteiger partial charge on any atom is -0.337 e. The van der Waals surface area contributed by atoms with Gasteiger partial charge in [-0.05, 0) is 24.5 Å². The summed E-state index contributed by atoms with van der Waals surface area (Å²) in [6.07, 6.45) is 4.70.